The first-order valence-electron chi connectivity index (χ1n) is 2.65. The molecule has 1 aromatic rings. The van der Waals surface area contributed by atoms with Gasteiger partial charge in [-0.2, -0.15) is 0 Å². The number of halogens is 2. The first kappa shape index (κ1) is 6.97. The molecule has 3 heteroatoms. The van der Waals surface area contributed by atoms with Crippen LogP contribution >= 0.6 is 23.2 Å². The van der Waals surface area contributed by atoms with Gasteiger partial charge in [0.05, 0.1) is 0 Å². The van der Waals surface area contributed by atoms with Crippen molar-refractivity contribution < 1.29 is 0 Å². The summed E-state index contributed by atoms with van der Waals surface area (Å²) in [5.74, 6) is 1.07. The molecule has 0 unspecified atom stereocenters. The quantitative estimate of drug-likeness (QED) is 0.646. The summed E-state index contributed by atoms with van der Waals surface area (Å²) in [6, 6.07) is 0. The number of aromatic amines is 1. The van der Waals surface area contributed by atoms with Crippen LogP contribution in [0.5, 0.6) is 0 Å². The van der Waals surface area contributed by atoms with Gasteiger partial charge in [0, 0.05) is 24.2 Å². The summed E-state index contributed by atoms with van der Waals surface area (Å²) in [6.07, 6.45) is 3.73. The monoisotopic (exact) mass is 163 g/mol. The minimum Gasteiger partial charge on any atom is -0.367 e. The molecule has 0 bridgehead atoms. The Labute approximate surface area is 64.0 Å². The minimum absolute atomic E-state index is 0.533. The lowest BCUT2D eigenvalue weighted by atomic mass is 10.2. The number of H-pyrrole nitrogens is 1. The lowest BCUT2D eigenvalue weighted by Crippen LogP contribution is -1.78. The van der Waals surface area contributed by atoms with Gasteiger partial charge in [0.15, 0.2) is 0 Å². The van der Waals surface area contributed by atoms with E-state index in [-0.39, 0.29) is 0 Å². The molecule has 0 aliphatic heterocycles. The van der Waals surface area contributed by atoms with Gasteiger partial charge in [-0.3, -0.25) is 0 Å². The molecule has 1 rings (SSSR count). The summed E-state index contributed by atoms with van der Waals surface area (Å²) in [7, 11) is 0. The van der Waals surface area contributed by atoms with Gasteiger partial charge in [-0.05, 0) is 11.1 Å². The zero-order chi connectivity index (χ0) is 6.69. The lowest BCUT2D eigenvalue weighted by Gasteiger charge is -1.90. The molecule has 0 aliphatic carbocycles. The summed E-state index contributed by atoms with van der Waals surface area (Å²) in [5, 5.41) is 0. The Morgan fingerprint density at radius 2 is 1.56 bits per heavy atom. The third-order valence-electron chi connectivity index (χ3n) is 1.22. The van der Waals surface area contributed by atoms with E-state index in [1.54, 1.807) is 0 Å². The number of nitrogens with one attached hydrogen (secondary N) is 1. The third-order valence-corrected chi connectivity index (χ3v) is 1.79. The summed E-state index contributed by atoms with van der Waals surface area (Å²) in [4.78, 5) is 2.93. The fourth-order valence-corrected chi connectivity index (χ4v) is 1.17. The zero-order valence-electron chi connectivity index (χ0n) is 4.82. The van der Waals surface area contributed by atoms with Gasteiger partial charge in [-0.15, -0.1) is 23.2 Å². The summed E-state index contributed by atoms with van der Waals surface area (Å²) in [5.41, 5.74) is 2.18. The Morgan fingerprint density at radius 3 is 1.89 bits per heavy atom. The van der Waals surface area contributed by atoms with Crippen molar-refractivity contribution in [3.63, 3.8) is 0 Å². The van der Waals surface area contributed by atoms with Crippen LogP contribution < -0.4 is 0 Å². The summed E-state index contributed by atoms with van der Waals surface area (Å²) in [6.45, 7) is 0. The van der Waals surface area contributed by atoms with Crippen molar-refractivity contribution >= 4 is 23.2 Å². The maximum absolute atomic E-state index is 5.57. The largest absolute Gasteiger partial charge is 0.367 e. The molecule has 0 aromatic carbocycles. The van der Waals surface area contributed by atoms with Gasteiger partial charge in [0.1, 0.15) is 0 Å². The van der Waals surface area contributed by atoms with Crippen molar-refractivity contribution in [3.8, 4) is 0 Å². The second kappa shape index (κ2) is 3.14. The van der Waals surface area contributed by atoms with Crippen LogP contribution in [0.25, 0.3) is 0 Å². The number of rotatable bonds is 2. The van der Waals surface area contributed by atoms with E-state index in [1.807, 2.05) is 12.4 Å². The molecule has 1 nitrogen and oxygen atoms in total. The van der Waals surface area contributed by atoms with Crippen LogP contribution in [0, 0.1) is 0 Å². The van der Waals surface area contributed by atoms with Crippen molar-refractivity contribution in [1.29, 1.82) is 0 Å². The van der Waals surface area contributed by atoms with Crippen LogP contribution in [0.2, 0.25) is 0 Å². The summed E-state index contributed by atoms with van der Waals surface area (Å²) >= 11 is 11.1. The molecule has 0 saturated carbocycles. The predicted octanol–water partition coefficient (Wildman–Crippen LogP) is 2.49. The van der Waals surface area contributed by atoms with E-state index < -0.39 is 0 Å². The molecule has 0 amide bonds. The molecule has 1 heterocycles. The van der Waals surface area contributed by atoms with Crippen LogP contribution in [0.3, 0.4) is 0 Å². The Hall–Kier alpha value is -0.140. The fraction of sp³-hybridized carbons (Fsp3) is 0.333. The Balaban J connectivity index is 2.85. The number of aromatic nitrogens is 1. The van der Waals surface area contributed by atoms with E-state index in [0.29, 0.717) is 11.8 Å². The van der Waals surface area contributed by atoms with Crippen LogP contribution in [0.4, 0.5) is 0 Å². The standard InChI is InChI=1S/C6H7Cl2N/c7-1-5-3-9-4-6(5)2-8/h3-4,9H,1-2H2. The highest BCUT2D eigenvalue weighted by molar-refractivity contribution is 6.18. The third kappa shape index (κ3) is 1.41. The average Bonchev–Trinajstić information content (AvgIpc) is 2.33. The van der Waals surface area contributed by atoms with E-state index in [1.165, 1.54) is 0 Å². The van der Waals surface area contributed by atoms with Gasteiger partial charge in [-0.1, -0.05) is 0 Å². The number of hydrogen-bond donors (Lipinski definition) is 1. The van der Waals surface area contributed by atoms with Crippen LogP contribution in [-0.4, -0.2) is 4.98 Å². The van der Waals surface area contributed by atoms with E-state index in [0.717, 1.165) is 11.1 Å². The van der Waals surface area contributed by atoms with Crippen molar-refractivity contribution in [3.05, 3.63) is 23.5 Å². The Morgan fingerprint density at radius 1 is 1.11 bits per heavy atom. The average molecular weight is 164 g/mol. The molecule has 0 fully saturated rings. The molecule has 0 aliphatic rings. The first-order valence-corrected chi connectivity index (χ1v) is 3.72. The van der Waals surface area contributed by atoms with Crippen molar-refractivity contribution in [2.45, 2.75) is 11.8 Å². The minimum atomic E-state index is 0.533. The van der Waals surface area contributed by atoms with Crippen molar-refractivity contribution in [2.75, 3.05) is 0 Å². The van der Waals surface area contributed by atoms with Gasteiger partial charge < -0.3 is 4.98 Å². The second-order valence-corrected chi connectivity index (χ2v) is 2.31. The van der Waals surface area contributed by atoms with E-state index in [4.69, 9.17) is 23.2 Å². The SMILES string of the molecule is ClCc1c[nH]cc1CCl. The molecule has 9 heavy (non-hydrogen) atoms. The molecule has 0 spiro atoms. The molecule has 0 atom stereocenters. The summed E-state index contributed by atoms with van der Waals surface area (Å²) < 4.78 is 0. The zero-order valence-corrected chi connectivity index (χ0v) is 6.34. The maximum Gasteiger partial charge on any atom is 0.0492 e. The normalized spacial score (nSPS) is 10.0. The molecule has 0 radical (unpaired) electrons. The Bertz CT molecular complexity index is 164. The molecule has 50 valence electrons. The smallest absolute Gasteiger partial charge is 0.0492 e. The van der Waals surface area contributed by atoms with E-state index in [9.17, 15) is 0 Å². The second-order valence-electron chi connectivity index (χ2n) is 1.77. The van der Waals surface area contributed by atoms with Crippen LogP contribution in [-0.2, 0) is 11.8 Å². The molecule has 1 aromatic heterocycles. The van der Waals surface area contributed by atoms with Gasteiger partial charge >= 0.3 is 0 Å². The van der Waals surface area contributed by atoms with Crippen LogP contribution in [0.15, 0.2) is 12.4 Å². The first-order chi connectivity index (χ1) is 4.38. The molecule has 1 N–H and O–H groups in total. The van der Waals surface area contributed by atoms with Gasteiger partial charge in [0.2, 0.25) is 0 Å². The molecular formula is C6H7Cl2N. The highest BCUT2D eigenvalue weighted by atomic mass is 35.5. The Kier molecular flexibility index (Phi) is 2.43. The number of alkyl halides is 2. The lowest BCUT2D eigenvalue weighted by molar-refractivity contribution is 1.32. The number of hydrogen-bond acceptors (Lipinski definition) is 0. The predicted molar refractivity (Wildman–Crippen MR) is 39.9 cm³/mol. The maximum atomic E-state index is 5.57. The van der Waals surface area contributed by atoms with Crippen molar-refractivity contribution in [2.24, 2.45) is 0 Å². The molecular weight excluding hydrogens is 157 g/mol. The molecule has 0 saturated heterocycles. The van der Waals surface area contributed by atoms with E-state index >= 15 is 0 Å². The topological polar surface area (TPSA) is 15.8 Å². The van der Waals surface area contributed by atoms with Gasteiger partial charge in [-0.25, -0.2) is 0 Å². The highest BCUT2D eigenvalue weighted by Crippen LogP contribution is 2.12. The van der Waals surface area contributed by atoms with E-state index in [2.05, 4.69) is 4.98 Å². The van der Waals surface area contributed by atoms with Crippen LogP contribution in [0.1, 0.15) is 11.1 Å². The fourth-order valence-electron chi connectivity index (χ4n) is 0.677. The van der Waals surface area contributed by atoms with Crippen molar-refractivity contribution in [1.82, 2.24) is 4.98 Å². The highest BCUT2D eigenvalue weighted by Gasteiger charge is 1.98. The van der Waals surface area contributed by atoms with Gasteiger partial charge in [0.25, 0.3) is 0 Å².